The molecule has 3 aromatic heterocycles. The molecule has 8 aromatic carbocycles. The lowest BCUT2D eigenvalue weighted by molar-refractivity contribution is 0.664. The van der Waals surface area contributed by atoms with E-state index in [0.29, 0.717) is 0 Å². The largest absolute Gasteiger partial charge is 0.316 e. The predicted molar refractivity (Wildman–Crippen MR) is 255 cm³/mol. The van der Waals surface area contributed by atoms with Crippen molar-refractivity contribution in [3.05, 3.63) is 217 Å². The molecule has 2 unspecified atom stereocenters. The number of fused-ring (bicyclic) bond motifs is 11. The zero-order valence-corrected chi connectivity index (χ0v) is 33.8. The van der Waals surface area contributed by atoms with Gasteiger partial charge in [0.1, 0.15) is 0 Å². The summed E-state index contributed by atoms with van der Waals surface area (Å²) >= 11 is 1.78. The third-order valence-electron chi connectivity index (χ3n) is 12.7. The Labute approximate surface area is 357 Å². The molecule has 2 aliphatic rings. The van der Waals surface area contributed by atoms with Gasteiger partial charge in [0.15, 0.2) is 11.6 Å². The SMILES string of the molecule is C1=CC2c3cc(-c4cccc5c4c4c6ccccc6ccc4n5-c4ccccc4)ccc3N(c3nc(-c4ccccc4)nc4cc(-c5ccccc5)sc34)C2c2ccccc21. The summed E-state index contributed by atoms with van der Waals surface area (Å²) in [6, 6.07) is 70.3. The summed E-state index contributed by atoms with van der Waals surface area (Å²) in [6.45, 7) is 0. The molecule has 0 bridgehead atoms. The molecule has 61 heavy (non-hydrogen) atoms. The second-order valence-electron chi connectivity index (χ2n) is 16.1. The molecule has 5 heteroatoms. The third-order valence-corrected chi connectivity index (χ3v) is 13.9. The van der Waals surface area contributed by atoms with Gasteiger partial charge in [0.05, 0.1) is 27.3 Å². The number of thiophene rings is 1. The summed E-state index contributed by atoms with van der Waals surface area (Å²) < 4.78 is 3.52. The first kappa shape index (κ1) is 34.3. The Morgan fingerprint density at radius 3 is 2.11 bits per heavy atom. The molecule has 1 aliphatic heterocycles. The van der Waals surface area contributed by atoms with E-state index in [4.69, 9.17) is 9.97 Å². The monoisotopic (exact) mass is 796 g/mol. The normalized spacial score (nSPS) is 15.4. The van der Waals surface area contributed by atoms with E-state index in [1.807, 2.05) is 6.07 Å². The van der Waals surface area contributed by atoms with Gasteiger partial charge in [-0.25, -0.2) is 9.97 Å². The molecule has 0 saturated carbocycles. The molecule has 0 fully saturated rings. The molecular formula is C56H36N4S. The maximum atomic E-state index is 5.54. The second kappa shape index (κ2) is 13.5. The van der Waals surface area contributed by atoms with Crippen molar-refractivity contribution in [2.75, 3.05) is 4.90 Å². The highest BCUT2D eigenvalue weighted by atomic mass is 32.1. The number of hydrogen-bond donors (Lipinski definition) is 0. The number of rotatable bonds is 5. The van der Waals surface area contributed by atoms with Gasteiger partial charge in [-0.2, -0.15) is 0 Å². The molecule has 0 amide bonds. The average molecular weight is 797 g/mol. The highest BCUT2D eigenvalue weighted by molar-refractivity contribution is 7.22. The van der Waals surface area contributed by atoms with Crippen LogP contribution in [0.4, 0.5) is 11.5 Å². The lowest BCUT2D eigenvalue weighted by atomic mass is 9.82. The molecule has 4 nitrogen and oxygen atoms in total. The topological polar surface area (TPSA) is 34.0 Å². The molecule has 0 saturated heterocycles. The van der Waals surface area contributed by atoms with Gasteiger partial charge in [0.25, 0.3) is 0 Å². The van der Waals surface area contributed by atoms with Crippen molar-refractivity contribution in [1.82, 2.24) is 14.5 Å². The third kappa shape index (κ3) is 5.24. The van der Waals surface area contributed by atoms with Crippen LogP contribution < -0.4 is 4.90 Å². The fourth-order valence-corrected chi connectivity index (χ4v) is 11.2. The summed E-state index contributed by atoms with van der Waals surface area (Å²) in [5.41, 5.74) is 14.2. The second-order valence-corrected chi connectivity index (χ2v) is 17.1. The minimum absolute atomic E-state index is 0.00942. The van der Waals surface area contributed by atoms with Gasteiger partial charge < -0.3 is 9.47 Å². The minimum Gasteiger partial charge on any atom is -0.316 e. The minimum atomic E-state index is 0.00942. The Bertz CT molecular complexity index is 3550. The van der Waals surface area contributed by atoms with Crippen molar-refractivity contribution in [1.29, 1.82) is 0 Å². The standard InChI is InChI=1S/C56H36N4S/c1-4-17-37(18-5-1)50-34-46-54(61-50)56(58-55(57-46)38-19-6-2-7-20-38)60-47-31-29-39(33-45(47)44-30-27-36-16-11-13-24-43(36)53(44)60)42-25-14-26-48-52(42)51-41-23-12-10-15-35(41)28-32-49(51)59(48)40-21-8-3-9-22-40/h1-34,44,53H. The van der Waals surface area contributed by atoms with Gasteiger partial charge in [-0.15, -0.1) is 11.3 Å². The first-order valence-corrected chi connectivity index (χ1v) is 21.7. The van der Waals surface area contributed by atoms with Crippen molar-refractivity contribution in [3.8, 4) is 38.6 Å². The van der Waals surface area contributed by atoms with Crippen LogP contribution in [0, 0.1) is 0 Å². The molecule has 0 radical (unpaired) electrons. The van der Waals surface area contributed by atoms with Crippen molar-refractivity contribution in [2.45, 2.75) is 12.0 Å². The molecule has 0 N–H and O–H groups in total. The van der Waals surface area contributed by atoms with Crippen LogP contribution >= 0.6 is 11.3 Å². The van der Waals surface area contributed by atoms with Crippen molar-refractivity contribution < 1.29 is 0 Å². The first-order valence-electron chi connectivity index (χ1n) is 20.9. The molecule has 1 aliphatic carbocycles. The van der Waals surface area contributed by atoms with Crippen LogP contribution in [-0.2, 0) is 0 Å². The Morgan fingerprint density at radius 1 is 0.525 bits per heavy atom. The van der Waals surface area contributed by atoms with Gasteiger partial charge in [0, 0.05) is 38.5 Å². The number of para-hydroxylation sites is 1. The fraction of sp³-hybridized carbons (Fsp3) is 0.0357. The van der Waals surface area contributed by atoms with Gasteiger partial charge in [0.2, 0.25) is 0 Å². The maximum absolute atomic E-state index is 5.54. The molecular weight excluding hydrogens is 761 g/mol. The number of aromatic nitrogens is 3. The van der Waals surface area contributed by atoms with Crippen molar-refractivity contribution in [3.63, 3.8) is 0 Å². The van der Waals surface area contributed by atoms with Crippen LogP contribution in [0.15, 0.2) is 200 Å². The lowest BCUT2D eigenvalue weighted by Gasteiger charge is -2.32. The van der Waals surface area contributed by atoms with E-state index in [0.717, 1.165) is 33.1 Å². The highest BCUT2D eigenvalue weighted by Crippen LogP contribution is 2.58. The van der Waals surface area contributed by atoms with E-state index >= 15 is 0 Å². The Hall–Kier alpha value is -7.60. The van der Waals surface area contributed by atoms with Crippen LogP contribution in [0.2, 0.25) is 0 Å². The zero-order chi connectivity index (χ0) is 40.0. The summed E-state index contributed by atoms with van der Waals surface area (Å²) in [5, 5.41) is 5.05. The quantitative estimate of drug-likeness (QED) is 0.174. The summed E-state index contributed by atoms with van der Waals surface area (Å²) in [7, 11) is 0. The molecule has 2 atom stereocenters. The average Bonchev–Trinajstić information content (AvgIpc) is 4.03. The molecule has 286 valence electrons. The number of nitrogens with zero attached hydrogens (tertiary/aromatic N) is 4. The molecule has 0 spiro atoms. The fourth-order valence-electron chi connectivity index (χ4n) is 10.1. The van der Waals surface area contributed by atoms with Gasteiger partial charge in [-0.3, -0.25) is 0 Å². The van der Waals surface area contributed by atoms with Gasteiger partial charge in [-0.05, 0) is 86.6 Å². The van der Waals surface area contributed by atoms with E-state index in [-0.39, 0.29) is 12.0 Å². The van der Waals surface area contributed by atoms with Crippen molar-refractivity contribution in [2.24, 2.45) is 0 Å². The van der Waals surface area contributed by atoms with Crippen LogP contribution in [0.5, 0.6) is 0 Å². The number of hydrogen-bond acceptors (Lipinski definition) is 4. The Kier molecular flexibility index (Phi) is 7.57. The summed E-state index contributed by atoms with van der Waals surface area (Å²) in [5.74, 6) is 1.78. The molecule has 11 aromatic rings. The summed E-state index contributed by atoms with van der Waals surface area (Å²) in [4.78, 5) is 14.5. The Morgan fingerprint density at radius 2 is 1.26 bits per heavy atom. The van der Waals surface area contributed by atoms with E-state index < -0.39 is 0 Å². The predicted octanol–water partition coefficient (Wildman–Crippen LogP) is 14.9. The van der Waals surface area contributed by atoms with Crippen LogP contribution in [0.25, 0.3) is 87.5 Å². The summed E-state index contributed by atoms with van der Waals surface area (Å²) in [6.07, 6.45) is 4.74. The Balaban J connectivity index is 1.07. The molecule has 13 rings (SSSR count). The first-order chi connectivity index (χ1) is 30.3. The molecule has 4 heterocycles. The highest BCUT2D eigenvalue weighted by Gasteiger charge is 2.43. The van der Waals surface area contributed by atoms with Crippen LogP contribution in [-0.4, -0.2) is 14.5 Å². The van der Waals surface area contributed by atoms with Crippen LogP contribution in [0.3, 0.4) is 0 Å². The van der Waals surface area contributed by atoms with Crippen molar-refractivity contribution >= 4 is 71.7 Å². The lowest BCUT2D eigenvalue weighted by Crippen LogP contribution is -2.25. The van der Waals surface area contributed by atoms with E-state index in [2.05, 4.69) is 210 Å². The van der Waals surface area contributed by atoms with E-state index in [1.165, 1.54) is 76.5 Å². The maximum Gasteiger partial charge on any atom is 0.162 e. The van der Waals surface area contributed by atoms with E-state index in [1.54, 1.807) is 11.3 Å². The zero-order valence-electron chi connectivity index (χ0n) is 33.0. The van der Waals surface area contributed by atoms with Crippen LogP contribution in [0.1, 0.15) is 28.7 Å². The smallest absolute Gasteiger partial charge is 0.162 e. The van der Waals surface area contributed by atoms with Gasteiger partial charge >= 0.3 is 0 Å². The van der Waals surface area contributed by atoms with E-state index in [9.17, 15) is 0 Å². The van der Waals surface area contributed by atoms with Gasteiger partial charge in [-0.1, -0.05) is 164 Å². The number of anilines is 2. The number of benzene rings is 8.